The van der Waals surface area contributed by atoms with E-state index in [2.05, 4.69) is 5.32 Å². The molecule has 88 valence electrons. The maximum Gasteiger partial charge on any atom is 0.305 e. The summed E-state index contributed by atoms with van der Waals surface area (Å²) < 4.78 is 5.23. The maximum atomic E-state index is 10.4. The fraction of sp³-hybridized carbons (Fsp3) is 0.417. The lowest BCUT2D eigenvalue weighted by molar-refractivity contribution is -0.136. The Bertz CT molecular complexity index is 388. The second-order valence-corrected chi connectivity index (χ2v) is 3.71. The van der Waals surface area contributed by atoms with E-state index in [9.17, 15) is 4.79 Å². The van der Waals surface area contributed by atoms with Gasteiger partial charge < -0.3 is 15.2 Å². The molecule has 0 amide bonds. The molecule has 0 saturated heterocycles. The topological polar surface area (TPSA) is 58.6 Å². The van der Waals surface area contributed by atoms with Gasteiger partial charge in [-0.25, -0.2) is 0 Å². The van der Waals surface area contributed by atoms with Crippen molar-refractivity contribution in [3.63, 3.8) is 0 Å². The van der Waals surface area contributed by atoms with Gasteiger partial charge in [0, 0.05) is 6.54 Å². The van der Waals surface area contributed by atoms with Crippen LogP contribution >= 0.6 is 0 Å². The van der Waals surface area contributed by atoms with Crippen molar-refractivity contribution < 1.29 is 14.6 Å². The van der Waals surface area contributed by atoms with Crippen LogP contribution in [0, 0.1) is 13.8 Å². The Morgan fingerprint density at radius 1 is 1.38 bits per heavy atom. The Morgan fingerprint density at radius 2 is 2.00 bits per heavy atom. The molecule has 4 nitrogen and oxygen atoms in total. The summed E-state index contributed by atoms with van der Waals surface area (Å²) in [7, 11) is 1.60. The fourth-order valence-electron chi connectivity index (χ4n) is 1.40. The van der Waals surface area contributed by atoms with Crippen molar-refractivity contribution >= 4 is 11.7 Å². The second-order valence-electron chi connectivity index (χ2n) is 3.71. The van der Waals surface area contributed by atoms with Crippen molar-refractivity contribution in [3.8, 4) is 5.75 Å². The maximum absolute atomic E-state index is 10.4. The third-order valence-corrected chi connectivity index (χ3v) is 2.47. The summed E-state index contributed by atoms with van der Waals surface area (Å²) >= 11 is 0. The van der Waals surface area contributed by atoms with Crippen molar-refractivity contribution in [1.29, 1.82) is 0 Å². The van der Waals surface area contributed by atoms with E-state index < -0.39 is 5.97 Å². The lowest BCUT2D eigenvalue weighted by atomic mass is 10.1. The normalized spacial score (nSPS) is 9.94. The Morgan fingerprint density at radius 3 is 2.56 bits per heavy atom. The molecule has 0 aliphatic rings. The van der Waals surface area contributed by atoms with Gasteiger partial charge >= 0.3 is 5.97 Å². The zero-order valence-electron chi connectivity index (χ0n) is 9.83. The zero-order valence-corrected chi connectivity index (χ0v) is 9.83. The molecule has 0 aliphatic heterocycles. The number of hydrogen-bond donors (Lipinski definition) is 2. The number of methoxy groups -OCH3 is 1. The highest BCUT2D eigenvalue weighted by molar-refractivity contribution is 5.68. The van der Waals surface area contributed by atoms with Gasteiger partial charge in [-0.3, -0.25) is 4.79 Å². The monoisotopic (exact) mass is 223 g/mol. The predicted octanol–water partition coefficient (Wildman–Crippen LogP) is 2.20. The van der Waals surface area contributed by atoms with Gasteiger partial charge in [-0.05, 0) is 37.1 Å². The van der Waals surface area contributed by atoms with Gasteiger partial charge in [-0.15, -0.1) is 0 Å². The minimum Gasteiger partial charge on any atom is -0.495 e. The van der Waals surface area contributed by atoms with E-state index in [1.165, 1.54) is 0 Å². The fourth-order valence-corrected chi connectivity index (χ4v) is 1.40. The minimum absolute atomic E-state index is 0.0933. The number of aliphatic carboxylic acids is 1. The van der Waals surface area contributed by atoms with E-state index in [0.717, 1.165) is 22.6 Å². The van der Waals surface area contributed by atoms with E-state index >= 15 is 0 Å². The summed E-state index contributed by atoms with van der Waals surface area (Å²) in [6.45, 7) is 4.42. The van der Waals surface area contributed by atoms with Crippen LogP contribution in [-0.2, 0) is 4.79 Å². The average molecular weight is 223 g/mol. The van der Waals surface area contributed by atoms with E-state index in [-0.39, 0.29) is 6.42 Å². The van der Waals surface area contributed by atoms with Crippen molar-refractivity contribution in [1.82, 2.24) is 0 Å². The molecule has 1 rings (SSSR count). The summed E-state index contributed by atoms with van der Waals surface area (Å²) in [4.78, 5) is 10.4. The number of carboxylic acids is 1. The first kappa shape index (κ1) is 12.4. The molecule has 0 radical (unpaired) electrons. The van der Waals surface area contributed by atoms with Crippen LogP contribution in [0.15, 0.2) is 12.1 Å². The number of ether oxygens (including phenoxy) is 1. The van der Waals surface area contributed by atoms with E-state index in [0.29, 0.717) is 6.54 Å². The Labute approximate surface area is 95.2 Å². The smallest absolute Gasteiger partial charge is 0.305 e. The minimum atomic E-state index is -0.810. The highest BCUT2D eigenvalue weighted by Gasteiger charge is 2.05. The molecule has 0 unspecified atom stereocenters. The largest absolute Gasteiger partial charge is 0.495 e. The summed E-state index contributed by atoms with van der Waals surface area (Å²) in [6.07, 6.45) is 0.0933. The van der Waals surface area contributed by atoms with E-state index in [4.69, 9.17) is 9.84 Å². The molecule has 0 spiro atoms. The number of carbonyl (C=O) groups is 1. The number of carboxylic acid groups (broad SMARTS) is 1. The summed E-state index contributed by atoms with van der Waals surface area (Å²) in [5.41, 5.74) is 3.14. The predicted molar refractivity (Wildman–Crippen MR) is 63.2 cm³/mol. The van der Waals surface area contributed by atoms with Gasteiger partial charge in [0.05, 0.1) is 19.2 Å². The number of aryl methyl sites for hydroxylation is 2. The Balaban J connectivity index is 2.77. The van der Waals surface area contributed by atoms with Crippen molar-refractivity contribution in [2.45, 2.75) is 20.3 Å². The average Bonchev–Trinajstić information content (AvgIpc) is 2.22. The van der Waals surface area contributed by atoms with Gasteiger partial charge in [0.2, 0.25) is 0 Å². The number of benzene rings is 1. The SMILES string of the molecule is COc1cc(C)c(C)cc1NCCC(=O)O. The van der Waals surface area contributed by atoms with Crippen LogP contribution in [-0.4, -0.2) is 24.7 Å². The highest BCUT2D eigenvalue weighted by Crippen LogP contribution is 2.27. The van der Waals surface area contributed by atoms with Gasteiger partial charge in [0.15, 0.2) is 0 Å². The molecule has 0 aliphatic carbocycles. The molecule has 2 N–H and O–H groups in total. The molecular weight excluding hydrogens is 206 g/mol. The summed E-state index contributed by atoms with van der Waals surface area (Å²) in [6, 6.07) is 3.91. The van der Waals surface area contributed by atoms with Crippen LogP contribution in [0.1, 0.15) is 17.5 Å². The lowest BCUT2D eigenvalue weighted by Crippen LogP contribution is -2.08. The van der Waals surface area contributed by atoms with Crippen LogP contribution in [0.25, 0.3) is 0 Å². The first-order valence-corrected chi connectivity index (χ1v) is 5.15. The van der Waals surface area contributed by atoms with Crippen molar-refractivity contribution in [2.24, 2.45) is 0 Å². The lowest BCUT2D eigenvalue weighted by Gasteiger charge is -2.13. The van der Waals surface area contributed by atoms with Gasteiger partial charge in [-0.1, -0.05) is 0 Å². The molecule has 0 heterocycles. The van der Waals surface area contributed by atoms with Crippen molar-refractivity contribution in [2.75, 3.05) is 19.0 Å². The van der Waals surface area contributed by atoms with Crippen LogP contribution in [0.3, 0.4) is 0 Å². The number of rotatable bonds is 5. The first-order valence-electron chi connectivity index (χ1n) is 5.15. The van der Waals surface area contributed by atoms with Crippen LogP contribution in [0.5, 0.6) is 5.75 Å². The van der Waals surface area contributed by atoms with Gasteiger partial charge in [0.1, 0.15) is 5.75 Å². The Hall–Kier alpha value is -1.71. The first-order chi connectivity index (χ1) is 7.54. The number of anilines is 1. The molecule has 0 atom stereocenters. The molecule has 0 aromatic heterocycles. The highest BCUT2D eigenvalue weighted by atomic mass is 16.5. The molecule has 0 fully saturated rings. The summed E-state index contributed by atoms with van der Waals surface area (Å²) in [5.74, 6) is -0.0659. The van der Waals surface area contributed by atoms with E-state index in [1.54, 1.807) is 7.11 Å². The molecule has 0 bridgehead atoms. The Kier molecular flexibility index (Phi) is 4.17. The molecule has 16 heavy (non-hydrogen) atoms. The number of hydrogen-bond acceptors (Lipinski definition) is 3. The third-order valence-electron chi connectivity index (χ3n) is 2.47. The molecule has 0 saturated carbocycles. The molecule has 4 heteroatoms. The molecular formula is C12H17NO3. The van der Waals surface area contributed by atoms with Gasteiger partial charge in [-0.2, -0.15) is 0 Å². The van der Waals surface area contributed by atoms with Crippen LogP contribution in [0.2, 0.25) is 0 Å². The van der Waals surface area contributed by atoms with E-state index in [1.807, 2.05) is 26.0 Å². The standard InChI is InChI=1S/C12H17NO3/c1-8-6-10(13-5-4-12(14)15)11(16-3)7-9(8)2/h6-7,13H,4-5H2,1-3H3,(H,14,15). The zero-order chi connectivity index (χ0) is 12.1. The second kappa shape index (κ2) is 5.39. The molecule has 1 aromatic carbocycles. The van der Waals surface area contributed by atoms with Crippen LogP contribution in [0.4, 0.5) is 5.69 Å². The number of nitrogens with one attached hydrogen (secondary N) is 1. The molecule has 1 aromatic rings. The van der Waals surface area contributed by atoms with Crippen molar-refractivity contribution in [3.05, 3.63) is 23.3 Å². The van der Waals surface area contributed by atoms with Crippen LogP contribution < -0.4 is 10.1 Å². The van der Waals surface area contributed by atoms with Gasteiger partial charge in [0.25, 0.3) is 0 Å². The quantitative estimate of drug-likeness (QED) is 0.803. The third kappa shape index (κ3) is 3.15. The summed E-state index contributed by atoms with van der Waals surface area (Å²) in [5, 5.41) is 11.6.